The summed E-state index contributed by atoms with van der Waals surface area (Å²) in [5, 5.41) is 7.58. The van der Waals surface area contributed by atoms with Crippen LogP contribution >= 0.6 is 11.3 Å². The van der Waals surface area contributed by atoms with Crippen molar-refractivity contribution in [1.29, 1.82) is 0 Å². The zero-order chi connectivity index (χ0) is 16.4. The second kappa shape index (κ2) is 6.27. The van der Waals surface area contributed by atoms with Gasteiger partial charge in [0.25, 0.3) is 5.91 Å². The highest BCUT2D eigenvalue weighted by molar-refractivity contribution is 7.16. The second-order valence-electron chi connectivity index (χ2n) is 4.97. The van der Waals surface area contributed by atoms with Gasteiger partial charge in [0.2, 0.25) is 5.13 Å². The molecule has 0 aliphatic heterocycles. The van der Waals surface area contributed by atoms with Gasteiger partial charge in [-0.25, -0.2) is 14.5 Å². The summed E-state index contributed by atoms with van der Waals surface area (Å²) in [5.41, 5.74) is 2.43. The van der Waals surface area contributed by atoms with Crippen LogP contribution in [0, 0.1) is 20.8 Å². The van der Waals surface area contributed by atoms with Gasteiger partial charge in [0.05, 0.1) is 18.5 Å². The molecule has 0 saturated heterocycles. The third-order valence-electron chi connectivity index (χ3n) is 3.08. The lowest BCUT2D eigenvalue weighted by Crippen LogP contribution is -2.39. The van der Waals surface area contributed by atoms with Gasteiger partial charge in [-0.15, -0.1) is 0 Å². The third kappa shape index (κ3) is 3.16. The number of rotatable bonds is 4. The van der Waals surface area contributed by atoms with Gasteiger partial charge in [-0.05, 0) is 33.8 Å². The molecule has 118 valence electrons. The van der Waals surface area contributed by atoms with Crippen molar-refractivity contribution < 1.29 is 14.3 Å². The van der Waals surface area contributed by atoms with Gasteiger partial charge in [0.1, 0.15) is 10.9 Å². The maximum Gasteiger partial charge on any atom is 0.328 e. The first-order valence-electron chi connectivity index (χ1n) is 6.73. The molecular weight excluding hydrogens is 304 g/mol. The Morgan fingerprint density at radius 3 is 2.59 bits per heavy atom. The maximum atomic E-state index is 12.3. The summed E-state index contributed by atoms with van der Waals surface area (Å²) >= 11 is 1.23. The van der Waals surface area contributed by atoms with E-state index in [9.17, 15) is 9.59 Å². The van der Waals surface area contributed by atoms with Crippen molar-refractivity contribution in [2.45, 2.75) is 33.7 Å². The molecule has 1 amide bonds. The van der Waals surface area contributed by atoms with Crippen LogP contribution in [0.15, 0.2) is 6.07 Å². The molecule has 0 saturated carbocycles. The van der Waals surface area contributed by atoms with E-state index in [1.54, 1.807) is 18.5 Å². The molecule has 0 radical (unpaired) electrons. The highest BCUT2D eigenvalue weighted by atomic mass is 32.1. The quantitative estimate of drug-likeness (QED) is 0.863. The molecule has 0 aliphatic carbocycles. The van der Waals surface area contributed by atoms with Crippen molar-refractivity contribution in [2.24, 2.45) is 0 Å². The number of esters is 1. The van der Waals surface area contributed by atoms with E-state index in [1.165, 1.54) is 18.4 Å². The molecule has 0 bridgehead atoms. The van der Waals surface area contributed by atoms with Crippen LogP contribution in [-0.2, 0) is 9.53 Å². The predicted octanol–water partition coefficient (Wildman–Crippen LogP) is 1.55. The second-order valence-corrected chi connectivity index (χ2v) is 5.95. The summed E-state index contributed by atoms with van der Waals surface area (Å²) in [6.07, 6.45) is 0. The summed E-state index contributed by atoms with van der Waals surface area (Å²) in [5.74, 6) is -0.838. The van der Waals surface area contributed by atoms with Crippen LogP contribution < -0.4 is 5.32 Å². The van der Waals surface area contributed by atoms with E-state index in [-0.39, 0.29) is 5.91 Å². The maximum absolute atomic E-state index is 12.3. The first kappa shape index (κ1) is 16.2. The zero-order valence-corrected chi connectivity index (χ0v) is 13.9. The monoisotopic (exact) mass is 322 g/mol. The molecule has 1 N–H and O–H groups in total. The van der Waals surface area contributed by atoms with Crippen LogP contribution in [0.25, 0.3) is 5.13 Å². The van der Waals surface area contributed by atoms with Crippen molar-refractivity contribution in [3.8, 4) is 5.13 Å². The molecule has 2 aromatic rings. The SMILES string of the molecule is COC(=O)[C@@H](C)NC(=O)c1sc(-n2nc(C)cc2C)nc1C. The lowest BCUT2D eigenvalue weighted by Gasteiger charge is -2.10. The number of aryl methyl sites for hydroxylation is 3. The molecule has 0 spiro atoms. The van der Waals surface area contributed by atoms with Crippen molar-refractivity contribution >= 4 is 23.2 Å². The number of nitrogens with zero attached hydrogens (tertiary/aromatic N) is 3. The van der Waals surface area contributed by atoms with Crippen LogP contribution in [0.1, 0.15) is 33.7 Å². The molecule has 0 aromatic carbocycles. The van der Waals surface area contributed by atoms with Crippen molar-refractivity contribution in [3.63, 3.8) is 0 Å². The minimum Gasteiger partial charge on any atom is -0.467 e. The van der Waals surface area contributed by atoms with Crippen molar-refractivity contribution in [1.82, 2.24) is 20.1 Å². The van der Waals surface area contributed by atoms with Crippen molar-refractivity contribution in [2.75, 3.05) is 7.11 Å². The third-order valence-corrected chi connectivity index (χ3v) is 4.22. The lowest BCUT2D eigenvalue weighted by atomic mass is 10.3. The lowest BCUT2D eigenvalue weighted by molar-refractivity contribution is -0.142. The first-order valence-corrected chi connectivity index (χ1v) is 7.55. The molecule has 2 heterocycles. The Bertz CT molecular complexity index is 720. The molecule has 22 heavy (non-hydrogen) atoms. The Hall–Kier alpha value is -2.22. The Balaban J connectivity index is 2.25. The summed E-state index contributed by atoms with van der Waals surface area (Å²) in [6.45, 7) is 7.15. The minimum absolute atomic E-state index is 0.347. The van der Waals surface area contributed by atoms with Crippen LogP contribution in [0.4, 0.5) is 0 Å². The molecule has 2 rings (SSSR count). The number of aromatic nitrogens is 3. The molecule has 1 atom stereocenters. The average molecular weight is 322 g/mol. The molecular formula is C14H18N4O3S. The number of hydrogen-bond acceptors (Lipinski definition) is 6. The Morgan fingerprint density at radius 1 is 1.36 bits per heavy atom. The molecule has 2 aromatic heterocycles. The molecule has 0 fully saturated rings. The zero-order valence-electron chi connectivity index (χ0n) is 13.1. The smallest absolute Gasteiger partial charge is 0.328 e. The standard InChI is InChI=1S/C14H18N4O3S/c1-7-6-8(2)18(17-7)14-16-9(3)11(22-14)12(19)15-10(4)13(20)21-5/h6,10H,1-5H3,(H,15,19)/t10-/m1/s1. The Kier molecular flexibility index (Phi) is 4.60. The van der Waals surface area contributed by atoms with Gasteiger partial charge in [-0.2, -0.15) is 5.10 Å². The Labute approximate surface area is 132 Å². The number of amides is 1. The number of methoxy groups -OCH3 is 1. The predicted molar refractivity (Wildman–Crippen MR) is 82.4 cm³/mol. The summed E-state index contributed by atoms with van der Waals surface area (Å²) in [7, 11) is 1.28. The van der Waals surface area contributed by atoms with Gasteiger partial charge < -0.3 is 10.1 Å². The summed E-state index contributed by atoms with van der Waals surface area (Å²) in [6, 6.07) is 1.23. The number of ether oxygens (including phenoxy) is 1. The normalized spacial score (nSPS) is 12.0. The van der Waals surface area contributed by atoms with Crippen LogP contribution in [-0.4, -0.2) is 39.8 Å². The van der Waals surface area contributed by atoms with Crippen LogP contribution in [0.3, 0.4) is 0 Å². The van der Waals surface area contributed by atoms with E-state index in [0.29, 0.717) is 15.7 Å². The van der Waals surface area contributed by atoms with E-state index in [4.69, 9.17) is 0 Å². The molecule has 7 nitrogen and oxygen atoms in total. The van der Waals surface area contributed by atoms with E-state index in [2.05, 4.69) is 20.1 Å². The average Bonchev–Trinajstić information content (AvgIpc) is 3.00. The van der Waals surface area contributed by atoms with E-state index in [0.717, 1.165) is 11.4 Å². The number of nitrogens with one attached hydrogen (secondary N) is 1. The highest BCUT2D eigenvalue weighted by Gasteiger charge is 2.22. The summed E-state index contributed by atoms with van der Waals surface area (Å²) < 4.78 is 6.29. The minimum atomic E-state index is -0.712. The van der Waals surface area contributed by atoms with Crippen LogP contribution in [0.2, 0.25) is 0 Å². The number of hydrogen-bond donors (Lipinski definition) is 1. The number of carbonyl (C=O) groups is 2. The molecule has 0 aliphatic rings. The van der Waals surface area contributed by atoms with Gasteiger partial charge in [0.15, 0.2) is 0 Å². The molecule has 8 heteroatoms. The fraction of sp³-hybridized carbons (Fsp3) is 0.429. The fourth-order valence-corrected chi connectivity index (χ4v) is 2.99. The van der Waals surface area contributed by atoms with Gasteiger partial charge in [-0.3, -0.25) is 4.79 Å². The van der Waals surface area contributed by atoms with E-state index < -0.39 is 12.0 Å². The summed E-state index contributed by atoms with van der Waals surface area (Å²) in [4.78, 5) is 28.5. The van der Waals surface area contributed by atoms with E-state index in [1.807, 2.05) is 19.9 Å². The molecule has 0 unspecified atom stereocenters. The highest BCUT2D eigenvalue weighted by Crippen LogP contribution is 2.22. The van der Waals surface area contributed by atoms with E-state index >= 15 is 0 Å². The van der Waals surface area contributed by atoms with Crippen LogP contribution in [0.5, 0.6) is 0 Å². The number of carbonyl (C=O) groups excluding carboxylic acids is 2. The van der Waals surface area contributed by atoms with Crippen molar-refractivity contribution in [3.05, 3.63) is 28.0 Å². The fourth-order valence-electron chi connectivity index (χ4n) is 2.00. The first-order chi connectivity index (χ1) is 10.3. The topological polar surface area (TPSA) is 86.1 Å². The largest absolute Gasteiger partial charge is 0.467 e. The van der Waals surface area contributed by atoms with Gasteiger partial charge in [0, 0.05) is 5.69 Å². The van der Waals surface area contributed by atoms with Gasteiger partial charge in [-0.1, -0.05) is 11.3 Å². The Morgan fingerprint density at radius 2 is 2.05 bits per heavy atom. The van der Waals surface area contributed by atoms with Gasteiger partial charge >= 0.3 is 5.97 Å². The number of thiazole rings is 1.